The average Bonchev–Trinajstić information content (AvgIpc) is 3.26. The van der Waals surface area contributed by atoms with Gasteiger partial charge >= 0.3 is 5.97 Å². The minimum Gasteiger partial charge on any atom is -0.480 e. The molecule has 2 rings (SSSR count). The van der Waals surface area contributed by atoms with Gasteiger partial charge in [-0.2, -0.15) is 12.6 Å². The van der Waals surface area contributed by atoms with Crippen LogP contribution in [-0.4, -0.2) is 75.4 Å². The van der Waals surface area contributed by atoms with Crippen LogP contribution < -0.4 is 21.7 Å². The van der Waals surface area contributed by atoms with Crippen LogP contribution in [0, 0.1) is 5.92 Å². The first kappa shape index (κ1) is 28.1. The molecule has 0 aliphatic heterocycles. The quantitative estimate of drug-likeness (QED) is 0.169. The lowest BCUT2D eigenvalue weighted by molar-refractivity contribution is -0.142. The molecule has 0 aliphatic carbocycles. The number of thiol groups is 1. The molecular formula is C23H33N5O6S. The summed E-state index contributed by atoms with van der Waals surface area (Å²) in [5.41, 5.74) is 7.41. The number of carbonyl (C=O) groups is 4. The topological polar surface area (TPSA) is 187 Å². The van der Waals surface area contributed by atoms with Gasteiger partial charge in [0.15, 0.2) is 0 Å². The van der Waals surface area contributed by atoms with Crippen LogP contribution in [0.4, 0.5) is 0 Å². The van der Waals surface area contributed by atoms with Crippen molar-refractivity contribution in [3.05, 3.63) is 36.0 Å². The second-order valence-electron chi connectivity index (χ2n) is 8.36. The van der Waals surface area contributed by atoms with Gasteiger partial charge in [0.2, 0.25) is 17.7 Å². The molecule has 8 N–H and O–H groups in total. The summed E-state index contributed by atoms with van der Waals surface area (Å²) in [6.45, 7) is 2.91. The van der Waals surface area contributed by atoms with Gasteiger partial charge in [-0.05, 0) is 17.5 Å². The fourth-order valence-corrected chi connectivity index (χ4v) is 3.69. The highest BCUT2D eigenvalue weighted by atomic mass is 32.1. The van der Waals surface area contributed by atoms with Gasteiger partial charge in [0.25, 0.3) is 0 Å². The number of aromatic nitrogens is 1. The zero-order valence-corrected chi connectivity index (χ0v) is 20.5. The summed E-state index contributed by atoms with van der Waals surface area (Å²) in [6.07, 6.45) is 2.32. The number of carboxylic acids is 1. The Bertz CT molecular complexity index is 1040. The summed E-state index contributed by atoms with van der Waals surface area (Å²) < 4.78 is 0. The van der Waals surface area contributed by atoms with Crippen LogP contribution in [0.2, 0.25) is 0 Å². The number of H-pyrrole nitrogens is 1. The monoisotopic (exact) mass is 507 g/mol. The molecule has 1 heterocycles. The SMILES string of the molecule is CCC(C)C(N)C(=O)NC(CS)C(=O)NC(CO)C(=O)NC(Cc1c[nH]c2ccccc12)C(=O)O. The molecule has 5 unspecified atom stereocenters. The number of amides is 3. The third-order valence-corrected chi connectivity index (χ3v) is 6.27. The zero-order chi connectivity index (χ0) is 26.1. The Labute approximate surface area is 208 Å². The van der Waals surface area contributed by atoms with Crippen LogP contribution in [0.3, 0.4) is 0 Å². The van der Waals surface area contributed by atoms with E-state index < -0.39 is 54.5 Å². The van der Waals surface area contributed by atoms with Crippen LogP contribution in [0.25, 0.3) is 10.9 Å². The van der Waals surface area contributed by atoms with Gasteiger partial charge in [-0.1, -0.05) is 38.5 Å². The number of aromatic amines is 1. The molecule has 0 saturated heterocycles. The number of aliphatic hydroxyl groups is 1. The van der Waals surface area contributed by atoms with Gasteiger partial charge in [-0.25, -0.2) is 4.79 Å². The molecule has 1 aromatic carbocycles. The molecule has 192 valence electrons. The van der Waals surface area contributed by atoms with E-state index in [0.717, 1.165) is 10.9 Å². The Hall–Kier alpha value is -3.09. The largest absolute Gasteiger partial charge is 0.480 e. The van der Waals surface area contributed by atoms with E-state index in [4.69, 9.17) is 5.73 Å². The molecular weight excluding hydrogens is 474 g/mol. The van der Waals surface area contributed by atoms with Gasteiger partial charge < -0.3 is 36.9 Å². The first-order chi connectivity index (χ1) is 16.6. The summed E-state index contributed by atoms with van der Waals surface area (Å²) >= 11 is 4.08. The highest BCUT2D eigenvalue weighted by molar-refractivity contribution is 7.80. The average molecular weight is 508 g/mol. The van der Waals surface area contributed by atoms with Crippen molar-refractivity contribution < 1.29 is 29.4 Å². The maximum Gasteiger partial charge on any atom is 0.326 e. The molecule has 1 aromatic heterocycles. The Morgan fingerprint density at radius 1 is 1.03 bits per heavy atom. The molecule has 5 atom stereocenters. The van der Waals surface area contributed by atoms with Gasteiger partial charge in [0, 0.05) is 29.3 Å². The molecule has 3 amide bonds. The van der Waals surface area contributed by atoms with Crippen LogP contribution in [-0.2, 0) is 25.6 Å². The van der Waals surface area contributed by atoms with Gasteiger partial charge in [0.1, 0.15) is 18.1 Å². The number of aliphatic hydroxyl groups excluding tert-OH is 1. The second-order valence-corrected chi connectivity index (χ2v) is 8.73. The van der Waals surface area contributed by atoms with E-state index in [1.54, 1.807) is 13.1 Å². The lowest BCUT2D eigenvalue weighted by Gasteiger charge is -2.24. The Kier molecular flexibility index (Phi) is 10.6. The number of para-hydroxylation sites is 1. The molecule has 11 nitrogen and oxygen atoms in total. The van der Waals surface area contributed by atoms with Crippen molar-refractivity contribution in [3.8, 4) is 0 Å². The third kappa shape index (κ3) is 7.44. The van der Waals surface area contributed by atoms with Crippen LogP contribution in [0.5, 0.6) is 0 Å². The molecule has 12 heteroatoms. The summed E-state index contributed by atoms with van der Waals surface area (Å²) in [4.78, 5) is 52.5. The van der Waals surface area contributed by atoms with Crippen LogP contribution in [0.15, 0.2) is 30.5 Å². The number of benzene rings is 1. The molecule has 0 spiro atoms. The van der Waals surface area contributed by atoms with Crippen LogP contribution in [0.1, 0.15) is 25.8 Å². The molecule has 0 saturated carbocycles. The minimum absolute atomic E-state index is 0.0139. The number of carboxylic acid groups (broad SMARTS) is 1. The van der Waals surface area contributed by atoms with E-state index in [1.807, 2.05) is 31.2 Å². The molecule has 35 heavy (non-hydrogen) atoms. The predicted molar refractivity (Wildman–Crippen MR) is 134 cm³/mol. The van der Waals surface area contributed by atoms with Crippen LogP contribution >= 0.6 is 12.6 Å². The fourth-order valence-electron chi connectivity index (χ4n) is 3.43. The third-order valence-electron chi connectivity index (χ3n) is 5.90. The van der Waals surface area contributed by atoms with Gasteiger partial charge in [0.05, 0.1) is 12.6 Å². The van der Waals surface area contributed by atoms with E-state index in [1.165, 1.54) is 0 Å². The summed E-state index contributed by atoms with van der Waals surface area (Å²) in [5, 5.41) is 27.3. The van der Waals surface area contributed by atoms with Crippen molar-refractivity contribution >= 4 is 47.2 Å². The van der Waals surface area contributed by atoms with Crippen molar-refractivity contribution in [2.45, 2.75) is 50.9 Å². The van der Waals surface area contributed by atoms with Crippen molar-refractivity contribution in [2.24, 2.45) is 11.7 Å². The Balaban J connectivity index is 2.04. The Morgan fingerprint density at radius 2 is 1.63 bits per heavy atom. The number of rotatable bonds is 13. The van der Waals surface area contributed by atoms with E-state index in [0.29, 0.717) is 12.0 Å². The van der Waals surface area contributed by atoms with Crippen molar-refractivity contribution in [1.29, 1.82) is 0 Å². The Morgan fingerprint density at radius 3 is 2.23 bits per heavy atom. The normalized spacial score (nSPS) is 15.5. The number of hydrogen-bond acceptors (Lipinski definition) is 7. The number of nitrogens with two attached hydrogens (primary N) is 1. The molecule has 0 radical (unpaired) electrons. The lowest BCUT2D eigenvalue weighted by Crippen LogP contribution is -2.59. The smallest absolute Gasteiger partial charge is 0.326 e. The molecule has 0 aliphatic rings. The van der Waals surface area contributed by atoms with E-state index >= 15 is 0 Å². The number of carbonyl (C=O) groups excluding carboxylic acids is 3. The highest BCUT2D eigenvalue weighted by Crippen LogP contribution is 2.19. The summed E-state index contributed by atoms with van der Waals surface area (Å²) in [7, 11) is 0. The van der Waals surface area contributed by atoms with Crippen molar-refractivity contribution in [2.75, 3.05) is 12.4 Å². The first-order valence-corrected chi connectivity index (χ1v) is 11.9. The van der Waals surface area contributed by atoms with E-state index in [2.05, 4.69) is 33.6 Å². The predicted octanol–water partition coefficient (Wildman–Crippen LogP) is -0.455. The van der Waals surface area contributed by atoms with Crippen molar-refractivity contribution in [1.82, 2.24) is 20.9 Å². The zero-order valence-electron chi connectivity index (χ0n) is 19.7. The standard InChI is InChI=1S/C23H33N5O6S/c1-3-12(2)19(24)22(32)28-18(11-35)21(31)27-17(10-29)20(30)26-16(23(33)34)8-13-9-25-15-7-5-4-6-14(13)15/h4-7,9,12,16-19,25,29,35H,3,8,10-11,24H2,1-2H3,(H,26,30)(H,27,31)(H,28,32)(H,33,34). The molecule has 0 fully saturated rings. The first-order valence-electron chi connectivity index (χ1n) is 11.3. The number of fused-ring (bicyclic) bond motifs is 1. The minimum atomic E-state index is -1.44. The highest BCUT2D eigenvalue weighted by Gasteiger charge is 2.30. The maximum atomic E-state index is 12.7. The number of hydrogen-bond donors (Lipinski definition) is 8. The summed E-state index contributed by atoms with van der Waals surface area (Å²) in [6, 6.07) is 2.66. The van der Waals surface area contributed by atoms with Gasteiger partial charge in [-0.15, -0.1) is 0 Å². The molecule has 2 aromatic rings. The lowest BCUT2D eigenvalue weighted by atomic mass is 9.99. The second kappa shape index (κ2) is 13.1. The van der Waals surface area contributed by atoms with Gasteiger partial charge in [-0.3, -0.25) is 14.4 Å². The molecule has 0 bridgehead atoms. The van der Waals surface area contributed by atoms with E-state index in [-0.39, 0.29) is 18.1 Å². The fraction of sp³-hybridized carbons (Fsp3) is 0.478. The number of nitrogens with one attached hydrogen (secondary N) is 4. The van der Waals surface area contributed by atoms with Crippen molar-refractivity contribution in [3.63, 3.8) is 0 Å². The maximum absolute atomic E-state index is 12.7. The number of aliphatic carboxylic acids is 1. The summed E-state index contributed by atoms with van der Waals surface area (Å²) in [5.74, 6) is -3.65. The van der Waals surface area contributed by atoms with E-state index in [9.17, 15) is 29.4 Å².